The van der Waals surface area contributed by atoms with E-state index in [2.05, 4.69) is 10.3 Å². The molecule has 3 rings (SSSR count). The van der Waals surface area contributed by atoms with Gasteiger partial charge >= 0.3 is 6.03 Å². The number of carbonyl (C=O) groups is 2. The molecule has 0 saturated carbocycles. The van der Waals surface area contributed by atoms with E-state index in [9.17, 15) is 9.59 Å². The summed E-state index contributed by atoms with van der Waals surface area (Å²) in [4.78, 5) is 31.8. The summed E-state index contributed by atoms with van der Waals surface area (Å²) >= 11 is 0. The summed E-state index contributed by atoms with van der Waals surface area (Å²) < 4.78 is 0. The minimum atomic E-state index is -0.193. The first-order chi connectivity index (χ1) is 10.6. The number of fused-ring (bicyclic) bond motifs is 1. The Morgan fingerprint density at radius 1 is 1.18 bits per heavy atom. The highest BCUT2D eigenvalue weighted by Crippen LogP contribution is 2.21. The largest absolute Gasteiger partial charge is 0.344 e. The lowest BCUT2D eigenvalue weighted by Crippen LogP contribution is -2.37. The molecule has 3 amide bonds. The Bertz CT molecular complexity index is 711. The van der Waals surface area contributed by atoms with Gasteiger partial charge in [-0.25, -0.2) is 4.79 Å². The van der Waals surface area contributed by atoms with E-state index in [1.54, 1.807) is 23.0 Å². The fraction of sp³-hybridized carbons (Fsp3) is 0.312. The van der Waals surface area contributed by atoms with Gasteiger partial charge < -0.3 is 15.1 Å². The maximum atomic E-state index is 12.4. The number of carbonyl (C=O) groups excluding carboxylic acids is 2. The first-order valence-corrected chi connectivity index (χ1v) is 7.29. The number of aromatic nitrogens is 1. The molecule has 0 bridgehead atoms. The Hall–Kier alpha value is -2.63. The average molecular weight is 298 g/mol. The van der Waals surface area contributed by atoms with E-state index >= 15 is 0 Å². The van der Waals surface area contributed by atoms with Crippen LogP contribution in [-0.2, 0) is 4.79 Å². The molecule has 0 spiro atoms. The Balaban J connectivity index is 1.77. The van der Waals surface area contributed by atoms with Gasteiger partial charge in [0.1, 0.15) is 0 Å². The number of anilines is 1. The molecular weight excluding hydrogens is 280 g/mol. The minimum absolute atomic E-state index is 0.0714. The lowest BCUT2D eigenvalue weighted by atomic mass is 10.2. The predicted molar refractivity (Wildman–Crippen MR) is 84.6 cm³/mol. The van der Waals surface area contributed by atoms with Crippen LogP contribution in [0.25, 0.3) is 10.9 Å². The van der Waals surface area contributed by atoms with Crippen molar-refractivity contribution in [3.8, 4) is 0 Å². The van der Waals surface area contributed by atoms with E-state index < -0.39 is 0 Å². The number of rotatable bonds is 1. The van der Waals surface area contributed by atoms with Crippen molar-refractivity contribution in [3.05, 3.63) is 36.5 Å². The van der Waals surface area contributed by atoms with Gasteiger partial charge in [-0.15, -0.1) is 0 Å². The smallest absolute Gasteiger partial charge is 0.321 e. The molecule has 2 aromatic rings. The number of para-hydroxylation sites is 1. The number of hydrogen-bond donors (Lipinski definition) is 1. The minimum Gasteiger partial charge on any atom is -0.344 e. The van der Waals surface area contributed by atoms with E-state index in [0.717, 1.165) is 10.9 Å². The van der Waals surface area contributed by atoms with Crippen molar-refractivity contribution in [1.29, 1.82) is 0 Å². The molecule has 0 atom stereocenters. The van der Waals surface area contributed by atoms with Crippen LogP contribution in [0.2, 0.25) is 0 Å². The standard InChI is InChI=1S/C16H18N4O2/c1-19-10-11-20(9-7-14(19)21)16(22)18-13-6-2-4-12-5-3-8-17-15(12)13/h2-6,8H,7,9-11H2,1H3,(H,18,22). The first-order valence-electron chi connectivity index (χ1n) is 7.29. The molecule has 2 heterocycles. The number of nitrogens with zero attached hydrogens (tertiary/aromatic N) is 3. The molecule has 0 unspecified atom stereocenters. The molecule has 1 aromatic carbocycles. The van der Waals surface area contributed by atoms with Crippen molar-refractivity contribution in [2.24, 2.45) is 0 Å². The number of likely N-dealkylation sites (N-methyl/N-ethyl adjacent to an activating group) is 1. The number of benzene rings is 1. The molecule has 6 nitrogen and oxygen atoms in total. The average Bonchev–Trinajstić information content (AvgIpc) is 2.70. The zero-order valence-corrected chi connectivity index (χ0v) is 12.5. The van der Waals surface area contributed by atoms with E-state index in [1.807, 2.05) is 30.3 Å². The maximum absolute atomic E-state index is 12.4. The van der Waals surface area contributed by atoms with Gasteiger partial charge in [0.2, 0.25) is 5.91 Å². The van der Waals surface area contributed by atoms with Crippen LogP contribution in [0.4, 0.5) is 10.5 Å². The highest BCUT2D eigenvalue weighted by molar-refractivity contribution is 5.99. The van der Waals surface area contributed by atoms with Crippen LogP contribution in [0.1, 0.15) is 6.42 Å². The van der Waals surface area contributed by atoms with Crippen molar-refractivity contribution in [1.82, 2.24) is 14.8 Å². The number of nitrogens with one attached hydrogen (secondary N) is 1. The second-order valence-corrected chi connectivity index (χ2v) is 5.36. The first kappa shape index (κ1) is 14.3. The number of amides is 3. The summed E-state index contributed by atoms with van der Waals surface area (Å²) in [6, 6.07) is 9.31. The zero-order chi connectivity index (χ0) is 15.5. The Kier molecular flexibility index (Phi) is 3.91. The maximum Gasteiger partial charge on any atom is 0.321 e. The zero-order valence-electron chi connectivity index (χ0n) is 12.5. The van der Waals surface area contributed by atoms with Crippen molar-refractivity contribution in [3.63, 3.8) is 0 Å². The summed E-state index contributed by atoms with van der Waals surface area (Å²) in [7, 11) is 1.76. The fourth-order valence-electron chi connectivity index (χ4n) is 2.53. The molecule has 1 fully saturated rings. The van der Waals surface area contributed by atoms with Crippen molar-refractivity contribution < 1.29 is 9.59 Å². The SMILES string of the molecule is CN1CCN(C(=O)Nc2cccc3cccnc23)CCC1=O. The van der Waals surface area contributed by atoms with Gasteiger partial charge in [-0.05, 0) is 12.1 Å². The van der Waals surface area contributed by atoms with Crippen LogP contribution in [0.5, 0.6) is 0 Å². The lowest BCUT2D eigenvalue weighted by Gasteiger charge is -2.21. The molecular formula is C16H18N4O2. The van der Waals surface area contributed by atoms with Gasteiger partial charge in [0.05, 0.1) is 11.2 Å². The third kappa shape index (κ3) is 2.86. The summed E-state index contributed by atoms with van der Waals surface area (Å²) in [6.07, 6.45) is 2.06. The van der Waals surface area contributed by atoms with E-state index in [1.165, 1.54) is 0 Å². The van der Waals surface area contributed by atoms with Gasteiger partial charge in [-0.1, -0.05) is 18.2 Å². The second kappa shape index (κ2) is 6.01. The van der Waals surface area contributed by atoms with Gasteiger partial charge in [0, 0.05) is 44.7 Å². The molecule has 0 radical (unpaired) electrons. The van der Waals surface area contributed by atoms with E-state index in [4.69, 9.17) is 0 Å². The number of pyridine rings is 1. The van der Waals surface area contributed by atoms with E-state index in [-0.39, 0.29) is 11.9 Å². The lowest BCUT2D eigenvalue weighted by molar-refractivity contribution is -0.129. The summed E-state index contributed by atoms with van der Waals surface area (Å²) in [6.45, 7) is 1.53. The molecule has 1 N–H and O–H groups in total. The molecule has 1 aromatic heterocycles. The third-order valence-corrected chi connectivity index (χ3v) is 3.89. The van der Waals surface area contributed by atoms with Gasteiger partial charge in [0.25, 0.3) is 0 Å². The van der Waals surface area contributed by atoms with Crippen LogP contribution in [-0.4, -0.2) is 53.4 Å². The molecule has 0 aliphatic carbocycles. The van der Waals surface area contributed by atoms with Gasteiger partial charge in [0.15, 0.2) is 0 Å². The quantitative estimate of drug-likeness (QED) is 0.875. The van der Waals surface area contributed by atoms with Crippen LogP contribution in [0, 0.1) is 0 Å². The van der Waals surface area contributed by atoms with Crippen LogP contribution < -0.4 is 5.32 Å². The molecule has 114 valence electrons. The Labute approximate surface area is 128 Å². The molecule has 1 saturated heterocycles. The highest BCUT2D eigenvalue weighted by atomic mass is 16.2. The van der Waals surface area contributed by atoms with Crippen LogP contribution in [0.15, 0.2) is 36.5 Å². The molecule has 1 aliphatic heterocycles. The van der Waals surface area contributed by atoms with E-state index in [0.29, 0.717) is 31.7 Å². The fourth-order valence-corrected chi connectivity index (χ4v) is 2.53. The Morgan fingerprint density at radius 2 is 2.00 bits per heavy atom. The van der Waals surface area contributed by atoms with Gasteiger partial charge in [-0.3, -0.25) is 9.78 Å². The topological polar surface area (TPSA) is 65.5 Å². The summed E-state index contributed by atoms with van der Waals surface area (Å²) in [5.41, 5.74) is 1.45. The summed E-state index contributed by atoms with van der Waals surface area (Å²) in [5.74, 6) is 0.0714. The Morgan fingerprint density at radius 3 is 2.86 bits per heavy atom. The number of urea groups is 1. The molecule has 1 aliphatic rings. The van der Waals surface area contributed by atoms with Crippen LogP contribution in [0.3, 0.4) is 0 Å². The molecule has 22 heavy (non-hydrogen) atoms. The third-order valence-electron chi connectivity index (χ3n) is 3.89. The van der Waals surface area contributed by atoms with Crippen molar-refractivity contribution in [2.45, 2.75) is 6.42 Å². The van der Waals surface area contributed by atoms with Crippen LogP contribution >= 0.6 is 0 Å². The monoisotopic (exact) mass is 298 g/mol. The summed E-state index contributed by atoms with van der Waals surface area (Å²) in [5, 5.41) is 3.88. The van der Waals surface area contributed by atoms with Gasteiger partial charge in [-0.2, -0.15) is 0 Å². The second-order valence-electron chi connectivity index (χ2n) is 5.36. The van der Waals surface area contributed by atoms with Crippen molar-refractivity contribution >= 4 is 28.5 Å². The van der Waals surface area contributed by atoms with Crippen molar-refractivity contribution in [2.75, 3.05) is 32.0 Å². The highest BCUT2D eigenvalue weighted by Gasteiger charge is 2.21. The number of hydrogen-bond acceptors (Lipinski definition) is 3. The predicted octanol–water partition coefficient (Wildman–Crippen LogP) is 1.93. The molecule has 6 heteroatoms. The normalized spacial score (nSPS) is 15.8.